The minimum Gasteiger partial charge on any atom is -0.324 e. The van der Waals surface area contributed by atoms with Crippen molar-refractivity contribution in [1.82, 2.24) is 24.4 Å². The van der Waals surface area contributed by atoms with Gasteiger partial charge in [0.05, 0.1) is 5.69 Å². The fraction of sp³-hybridized carbons (Fsp3) is 0.219. The van der Waals surface area contributed by atoms with Gasteiger partial charge in [0.1, 0.15) is 5.65 Å². The van der Waals surface area contributed by atoms with Crippen molar-refractivity contribution in [3.63, 3.8) is 0 Å². The van der Waals surface area contributed by atoms with Gasteiger partial charge in [-0.1, -0.05) is 29.8 Å². The molecule has 10 heteroatoms. The van der Waals surface area contributed by atoms with Crippen LogP contribution in [0.1, 0.15) is 12.5 Å². The molecule has 0 unspecified atom stereocenters. The first-order chi connectivity index (χ1) is 20.1. The number of fused-ring (bicyclic) bond motifs is 1. The predicted molar refractivity (Wildman–Crippen MR) is 170 cm³/mol. The predicted octanol–water partition coefficient (Wildman–Crippen LogP) is 5.54. The number of benzene rings is 2. The lowest BCUT2D eigenvalue weighted by Gasteiger charge is -2.21. The summed E-state index contributed by atoms with van der Waals surface area (Å²) in [5.41, 5.74) is 5.34. The smallest absolute Gasteiger partial charge is 0.259 e. The number of aryl methyl sites for hydroxylation is 1. The van der Waals surface area contributed by atoms with E-state index in [1.807, 2.05) is 24.3 Å². The second-order valence-corrected chi connectivity index (χ2v) is 10.8. The quantitative estimate of drug-likeness (QED) is 0.257. The zero-order valence-electron chi connectivity index (χ0n) is 24.2. The molecular formula is C32H32ClN7O2. The Kier molecular flexibility index (Phi) is 8.33. The number of nitrogens with zero attached hydrogens (tertiary/aromatic N) is 6. The second kappa shape index (κ2) is 12.1. The Morgan fingerprint density at radius 3 is 2.43 bits per heavy atom. The fourth-order valence-electron chi connectivity index (χ4n) is 4.71. The topological polar surface area (TPSA) is 96.3 Å². The first-order valence-corrected chi connectivity index (χ1v) is 13.9. The van der Waals surface area contributed by atoms with Crippen LogP contribution in [0.15, 0.2) is 78.0 Å². The van der Waals surface area contributed by atoms with Gasteiger partial charge in [-0.3, -0.25) is 19.1 Å². The maximum Gasteiger partial charge on any atom is 0.259 e. The Hall–Kier alpha value is -4.60. The summed E-state index contributed by atoms with van der Waals surface area (Å²) in [5.74, 6) is 0.229. The molecule has 0 aliphatic rings. The SMILES string of the molecule is CC(=O)N(C)c1cc(-c2cc3cnc(Nc4ccc(CCN(C)C)cc4)nc3n(C)c2=O)c(Cl)cc1-c1cccnc1. The van der Waals surface area contributed by atoms with Crippen LogP contribution in [-0.4, -0.2) is 58.0 Å². The van der Waals surface area contributed by atoms with Crippen LogP contribution in [0.4, 0.5) is 17.3 Å². The summed E-state index contributed by atoms with van der Waals surface area (Å²) in [4.78, 5) is 43.1. The Bertz CT molecular complexity index is 1820. The summed E-state index contributed by atoms with van der Waals surface area (Å²) in [5, 5.41) is 4.28. The van der Waals surface area contributed by atoms with E-state index in [0.717, 1.165) is 29.8 Å². The maximum atomic E-state index is 13.7. The summed E-state index contributed by atoms with van der Waals surface area (Å²) >= 11 is 6.79. The molecule has 214 valence electrons. The summed E-state index contributed by atoms with van der Waals surface area (Å²) in [7, 11) is 7.47. The van der Waals surface area contributed by atoms with Crippen LogP contribution in [0.2, 0.25) is 5.02 Å². The number of nitrogens with one attached hydrogen (secondary N) is 1. The molecule has 1 amide bonds. The van der Waals surface area contributed by atoms with Crippen LogP contribution in [0, 0.1) is 0 Å². The van der Waals surface area contributed by atoms with Gasteiger partial charge in [-0.2, -0.15) is 4.98 Å². The highest BCUT2D eigenvalue weighted by Gasteiger charge is 2.20. The molecule has 3 aromatic heterocycles. The fourth-order valence-corrected chi connectivity index (χ4v) is 4.97. The number of halogens is 1. The van der Waals surface area contributed by atoms with Crippen molar-refractivity contribution in [2.24, 2.45) is 7.05 Å². The number of anilines is 3. The molecule has 0 bridgehead atoms. The molecule has 42 heavy (non-hydrogen) atoms. The van der Waals surface area contributed by atoms with Crippen molar-refractivity contribution in [3.05, 3.63) is 94.1 Å². The molecule has 5 rings (SSSR count). The Morgan fingerprint density at radius 1 is 1.00 bits per heavy atom. The lowest BCUT2D eigenvalue weighted by molar-refractivity contribution is -0.116. The maximum absolute atomic E-state index is 13.7. The van der Waals surface area contributed by atoms with Crippen molar-refractivity contribution in [3.8, 4) is 22.3 Å². The van der Waals surface area contributed by atoms with Gasteiger partial charge in [0, 0.05) is 84.5 Å². The monoisotopic (exact) mass is 581 g/mol. The zero-order chi connectivity index (χ0) is 30.0. The Labute approximate surface area is 249 Å². The van der Waals surface area contributed by atoms with E-state index in [4.69, 9.17) is 11.6 Å². The Balaban J connectivity index is 1.52. The molecule has 0 aliphatic heterocycles. The van der Waals surface area contributed by atoms with Crippen molar-refractivity contribution >= 4 is 45.9 Å². The third-order valence-electron chi connectivity index (χ3n) is 7.19. The number of hydrogen-bond acceptors (Lipinski definition) is 7. The highest BCUT2D eigenvalue weighted by molar-refractivity contribution is 6.34. The Morgan fingerprint density at radius 2 is 1.76 bits per heavy atom. The minimum absolute atomic E-state index is 0.156. The van der Waals surface area contributed by atoms with E-state index in [0.29, 0.717) is 38.8 Å². The summed E-state index contributed by atoms with van der Waals surface area (Å²) < 4.78 is 1.49. The first kappa shape index (κ1) is 28.9. The van der Waals surface area contributed by atoms with E-state index in [-0.39, 0.29) is 11.5 Å². The number of likely N-dealkylation sites (N-methyl/N-ethyl adjacent to an activating group) is 1. The molecule has 0 saturated heterocycles. The number of carbonyl (C=O) groups is 1. The molecule has 0 atom stereocenters. The van der Waals surface area contributed by atoms with E-state index in [1.54, 1.807) is 50.9 Å². The molecule has 3 heterocycles. The second-order valence-electron chi connectivity index (χ2n) is 10.4. The highest BCUT2D eigenvalue weighted by Crippen LogP contribution is 2.39. The van der Waals surface area contributed by atoms with Gasteiger partial charge in [-0.25, -0.2) is 4.98 Å². The number of aromatic nitrogens is 4. The van der Waals surface area contributed by atoms with Gasteiger partial charge in [0.15, 0.2) is 0 Å². The van der Waals surface area contributed by atoms with Crippen LogP contribution >= 0.6 is 11.6 Å². The van der Waals surface area contributed by atoms with Crippen molar-refractivity contribution < 1.29 is 4.79 Å². The molecule has 2 aromatic carbocycles. The average molecular weight is 582 g/mol. The largest absolute Gasteiger partial charge is 0.324 e. The molecule has 0 radical (unpaired) electrons. The molecule has 5 aromatic rings. The third kappa shape index (κ3) is 6.02. The number of carbonyl (C=O) groups excluding carboxylic acids is 1. The number of hydrogen-bond donors (Lipinski definition) is 1. The molecule has 0 aliphatic carbocycles. The first-order valence-electron chi connectivity index (χ1n) is 13.5. The van der Waals surface area contributed by atoms with Crippen LogP contribution in [0.5, 0.6) is 0 Å². The van der Waals surface area contributed by atoms with Gasteiger partial charge in [-0.15, -0.1) is 0 Å². The van der Waals surface area contributed by atoms with E-state index < -0.39 is 0 Å². The summed E-state index contributed by atoms with van der Waals surface area (Å²) in [6.45, 7) is 2.46. The third-order valence-corrected chi connectivity index (χ3v) is 7.50. The highest BCUT2D eigenvalue weighted by atomic mass is 35.5. The molecule has 0 fully saturated rings. The van der Waals surface area contributed by atoms with Crippen LogP contribution in [-0.2, 0) is 18.3 Å². The van der Waals surface area contributed by atoms with E-state index in [9.17, 15) is 9.59 Å². The lowest BCUT2D eigenvalue weighted by atomic mass is 9.98. The van der Waals surface area contributed by atoms with Gasteiger partial charge >= 0.3 is 0 Å². The van der Waals surface area contributed by atoms with Gasteiger partial charge < -0.3 is 15.1 Å². The minimum atomic E-state index is -0.273. The van der Waals surface area contributed by atoms with Gasteiger partial charge in [0.2, 0.25) is 11.9 Å². The molecule has 9 nitrogen and oxygen atoms in total. The lowest BCUT2D eigenvalue weighted by Crippen LogP contribution is -2.24. The van der Waals surface area contributed by atoms with Gasteiger partial charge in [0.25, 0.3) is 5.56 Å². The molecule has 0 saturated carbocycles. The normalized spacial score (nSPS) is 11.2. The standard InChI is InChI=1S/C32H32ClN7O2/c1-20(41)39(4)29-17-26(28(33)16-25(29)22-7-6-13-34-18-22)27-15-23-19-35-32(37-30(23)40(5)31(27)42)36-24-10-8-21(9-11-24)12-14-38(2)3/h6-11,13,15-19H,12,14H2,1-5H3,(H,35,36,37). The number of pyridine rings is 2. The van der Waals surface area contributed by atoms with Crippen molar-refractivity contribution in [2.45, 2.75) is 13.3 Å². The average Bonchev–Trinajstić information content (AvgIpc) is 2.99. The molecule has 1 N–H and O–H groups in total. The summed E-state index contributed by atoms with van der Waals surface area (Å²) in [6.07, 6.45) is 6.03. The van der Waals surface area contributed by atoms with E-state index in [2.05, 4.69) is 51.4 Å². The zero-order valence-corrected chi connectivity index (χ0v) is 25.0. The van der Waals surface area contributed by atoms with E-state index >= 15 is 0 Å². The molecule has 0 spiro atoms. The van der Waals surface area contributed by atoms with Gasteiger partial charge in [-0.05, 0) is 62.5 Å². The van der Waals surface area contributed by atoms with Crippen molar-refractivity contribution in [1.29, 1.82) is 0 Å². The van der Waals surface area contributed by atoms with E-state index in [1.165, 1.54) is 22.0 Å². The number of rotatable bonds is 8. The van der Waals surface area contributed by atoms with Crippen LogP contribution in [0.25, 0.3) is 33.3 Å². The molecular weight excluding hydrogens is 550 g/mol. The number of amides is 1. The van der Waals surface area contributed by atoms with Crippen LogP contribution < -0.4 is 15.8 Å². The summed E-state index contributed by atoms with van der Waals surface area (Å²) in [6, 6.07) is 17.1. The van der Waals surface area contributed by atoms with Crippen LogP contribution in [0.3, 0.4) is 0 Å². The van der Waals surface area contributed by atoms with Crippen molar-refractivity contribution in [2.75, 3.05) is 37.9 Å².